The molecule has 0 saturated carbocycles. The van der Waals surface area contributed by atoms with Crippen molar-refractivity contribution in [1.29, 1.82) is 0 Å². The van der Waals surface area contributed by atoms with Gasteiger partial charge in [0, 0.05) is 0 Å². The molecule has 0 bridgehead atoms. The van der Waals surface area contributed by atoms with E-state index in [1.54, 1.807) is 0 Å². The molecule has 1 aromatic carbocycles. The average Bonchev–Trinajstić information content (AvgIpc) is 2.46. The molecule has 0 amide bonds. The molecule has 0 aliphatic rings. The number of alkyl halides is 3. The summed E-state index contributed by atoms with van der Waals surface area (Å²) < 4.78 is 72.5. The van der Waals surface area contributed by atoms with E-state index in [4.69, 9.17) is 0 Å². The number of rotatable bonds is 4. The molecular weight excluding hydrogens is 345 g/mol. The predicted molar refractivity (Wildman–Crippen MR) is 69.5 cm³/mol. The molecule has 1 rings (SSSR count). The van der Waals surface area contributed by atoms with E-state index in [9.17, 15) is 31.2 Å². The van der Waals surface area contributed by atoms with Crippen LogP contribution in [0.4, 0.5) is 13.2 Å². The molecule has 0 fully saturated rings. The lowest BCUT2D eigenvalue weighted by atomic mass is 10.0. The van der Waals surface area contributed by atoms with Crippen molar-refractivity contribution in [2.24, 2.45) is 0 Å². The number of aryl methyl sites for hydroxylation is 1. The number of ether oxygens (including phenoxy) is 2. The molecule has 0 heterocycles. The summed E-state index contributed by atoms with van der Waals surface area (Å²) >= 11 is 0. The van der Waals surface area contributed by atoms with Gasteiger partial charge in [-0.2, -0.15) is 21.6 Å². The van der Waals surface area contributed by atoms with Gasteiger partial charge in [-0.25, -0.2) is 9.59 Å². The first kappa shape index (κ1) is 18.7. The predicted octanol–water partition coefficient (Wildman–Crippen LogP) is 1.80. The Bertz CT molecular complexity index is 738. The molecule has 128 valence electrons. The summed E-state index contributed by atoms with van der Waals surface area (Å²) in [6.07, 6.45) is 0. The number of esters is 2. The number of methoxy groups -OCH3 is 2. The highest BCUT2D eigenvalue weighted by Crippen LogP contribution is 2.33. The van der Waals surface area contributed by atoms with E-state index >= 15 is 0 Å². The van der Waals surface area contributed by atoms with Crippen LogP contribution in [0.2, 0.25) is 0 Å². The van der Waals surface area contributed by atoms with Crippen LogP contribution in [0.25, 0.3) is 0 Å². The van der Waals surface area contributed by atoms with Crippen molar-refractivity contribution in [2.75, 3.05) is 14.2 Å². The third kappa shape index (κ3) is 3.73. The van der Waals surface area contributed by atoms with E-state index < -0.39 is 44.4 Å². The third-order valence-corrected chi connectivity index (χ3v) is 3.58. The number of benzene rings is 1. The highest BCUT2D eigenvalue weighted by atomic mass is 32.2. The lowest BCUT2D eigenvalue weighted by molar-refractivity contribution is -0.0500. The van der Waals surface area contributed by atoms with Gasteiger partial charge in [0.25, 0.3) is 0 Å². The van der Waals surface area contributed by atoms with Crippen LogP contribution >= 0.6 is 0 Å². The molecule has 0 aliphatic heterocycles. The maximum atomic E-state index is 12.5. The second-order valence-electron chi connectivity index (χ2n) is 4.10. The van der Waals surface area contributed by atoms with Gasteiger partial charge in [0.1, 0.15) is 5.56 Å². The van der Waals surface area contributed by atoms with Gasteiger partial charge in [-0.1, -0.05) is 6.07 Å². The van der Waals surface area contributed by atoms with Crippen LogP contribution in [0.15, 0.2) is 12.1 Å². The quantitative estimate of drug-likeness (QED) is 0.461. The Morgan fingerprint density at radius 2 is 1.57 bits per heavy atom. The number of carbonyl (C=O) groups is 2. The van der Waals surface area contributed by atoms with E-state index in [-0.39, 0.29) is 5.56 Å². The van der Waals surface area contributed by atoms with Crippen LogP contribution in [0.5, 0.6) is 5.75 Å². The summed E-state index contributed by atoms with van der Waals surface area (Å²) in [6.45, 7) is 1.19. The van der Waals surface area contributed by atoms with E-state index in [2.05, 4.69) is 13.7 Å². The molecule has 0 aliphatic carbocycles. The molecule has 0 radical (unpaired) electrons. The molecule has 0 saturated heterocycles. The van der Waals surface area contributed by atoms with E-state index in [0.29, 0.717) is 0 Å². The molecule has 1 aromatic rings. The number of halogens is 3. The Morgan fingerprint density at radius 3 is 2.00 bits per heavy atom. The van der Waals surface area contributed by atoms with Crippen molar-refractivity contribution in [3.05, 3.63) is 28.8 Å². The summed E-state index contributed by atoms with van der Waals surface area (Å²) in [5, 5.41) is 0. The second-order valence-corrected chi connectivity index (χ2v) is 5.64. The summed E-state index contributed by atoms with van der Waals surface area (Å²) in [4.78, 5) is 23.4. The van der Waals surface area contributed by atoms with Gasteiger partial charge >= 0.3 is 27.6 Å². The van der Waals surface area contributed by atoms with Gasteiger partial charge in [-0.15, -0.1) is 0 Å². The zero-order valence-corrected chi connectivity index (χ0v) is 12.9. The Morgan fingerprint density at radius 1 is 1.04 bits per heavy atom. The van der Waals surface area contributed by atoms with Gasteiger partial charge in [0.15, 0.2) is 5.75 Å². The highest BCUT2D eigenvalue weighted by molar-refractivity contribution is 7.88. The highest BCUT2D eigenvalue weighted by Gasteiger charge is 2.49. The smallest absolute Gasteiger partial charge is 0.465 e. The fraction of sp³-hybridized carbons (Fsp3) is 0.333. The van der Waals surface area contributed by atoms with Gasteiger partial charge in [-0.05, 0) is 18.6 Å². The molecule has 0 spiro atoms. The molecule has 0 aromatic heterocycles. The summed E-state index contributed by atoms with van der Waals surface area (Å²) in [7, 11) is -4.18. The minimum atomic E-state index is -6.05. The largest absolute Gasteiger partial charge is 0.534 e. The van der Waals surface area contributed by atoms with Crippen LogP contribution in [0.3, 0.4) is 0 Å². The maximum absolute atomic E-state index is 12.5. The second kappa shape index (κ2) is 6.44. The first-order valence-corrected chi connectivity index (χ1v) is 7.18. The average molecular weight is 356 g/mol. The Kier molecular flexibility index (Phi) is 5.25. The normalized spacial score (nSPS) is 11.7. The van der Waals surface area contributed by atoms with E-state index in [1.807, 2.05) is 0 Å². The van der Waals surface area contributed by atoms with Gasteiger partial charge in [0.05, 0.1) is 19.8 Å². The fourth-order valence-corrected chi connectivity index (χ4v) is 2.06. The Hall–Kier alpha value is -2.30. The van der Waals surface area contributed by atoms with Crippen molar-refractivity contribution in [1.82, 2.24) is 0 Å². The van der Waals surface area contributed by atoms with Crippen molar-refractivity contribution < 1.29 is 44.8 Å². The molecule has 11 heteroatoms. The SMILES string of the molecule is COC(=O)c1ccc(C)c(OS(=O)(=O)C(F)(F)F)c1C(=O)OC. The van der Waals surface area contributed by atoms with Gasteiger partial charge < -0.3 is 13.7 Å². The molecule has 0 unspecified atom stereocenters. The lowest BCUT2D eigenvalue weighted by Gasteiger charge is -2.16. The zero-order valence-electron chi connectivity index (χ0n) is 12.1. The third-order valence-electron chi connectivity index (χ3n) is 2.63. The van der Waals surface area contributed by atoms with Crippen LogP contribution in [0, 0.1) is 6.92 Å². The monoisotopic (exact) mass is 356 g/mol. The van der Waals surface area contributed by atoms with Crippen LogP contribution < -0.4 is 4.18 Å². The molecule has 23 heavy (non-hydrogen) atoms. The molecular formula is C12H11F3O7S. The first-order valence-electron chi connectivity index (χ1n) is 5.77. The van der Waals surface area contributed by atoms with Crippen molar-refractivity contribution in [3.63, 3.8) is 0 Å². The van der Waals surface area contributed by atoms with Crippen LogP contribution in [0.1, 0.15) is 26.3 Å². The van der Waals surface area contributed by atoms with Crippen molar-refractivity contribution in [2.45, 2.75) is 12.4 Å². The standard InChI is InChI=1S/C12H11F3O7S/c1-6-4-5-7(10(16)20-2)8(11(17)21-3)9(6)22-23(18,19)12(13,14)15/h4-5H,1-3H3. The van der Waals surface area contributed by atoms with Crippen LogP contribution in [-0.2, 0) is 19.6 Å². The molecule has 7 nitrogen and oxygen atoms in total. The van der Waals surface area contributed by atoms with Gasteiger partial charge in [-0.3, -0.25) is 0 Å². The lowest BCUT2D eigenvalue weighted by Crippen LogP contribution is -2.29. The van der Waals surface area contributed by atoms with E-state index in [1.165, 1.54) is 6.92 Å². The minimum absolute atomic E-state index is 0.133. The maximum Gasteiger partial charge on any atom is 0.534 e. The number of carbonyl (C=O) groups excluding carboxylic acids is 2. The summed E-state index contributed by atoms with van der Waals surface area (Å²) in [5.74, 6) is -3.31. The molecule has 0 atom stereocenters. The molecule has 0 N–H and O–H groups in total. The topological polar surface area (TPSA) is 96.0 Å². The first-order chi connectivity index (χ1) is 10.5. The van der Waals surface area contributed by atoms with E-state index in [0.717, 1.165) is 26.4 Å². The van der Waals surface area contributed by atoms with Gasteiger partial charge in [0.2, 0.25) is 0 Å². The Balaban J connectivity index is 3.65. The Labute approximate surface area is 129 Å². The number of hydrogen-bond acceptors (Lipinski definition) is 7. The summed E-state index contributed by atoms with van der Waals surface area (Å²) in [5.41, 5.74) is -7.14. The van der Waals surface area contributed by atoms with Crippen molar-refractivity contribution >= 4 is 22.1 Å². The summed E-state index contributed by atoms with van der Waals surface area (Å²) in [6, 6.07) is 2.17. The zero-order chi connectivity index (χ0) is 18.0. The number of hydrogen-bond donors (Lipinski definition) is 0. The fourth-order valence-electron chi connectivity index (χ4n) is 1.54. The minimum Gasteiger partial charge on any atom is -0.465 e. The van der Waals surface area contributed by atoms with Crippen molar-refractivity contribution in [3.8, 4) is 5.75 Å². The van der Waals surface area contributed by atoms with Crippen LogP contribution in [-0.4, -0.2) is 40.1 Å².